The van der Waals surface area contributed by atoms with Crippen LogP contribution >= 0.6 is 0 Å². The Kier molecular flexibility index (Phi) is 3.31. The molecular formula is C8H10N6O4S. The van der Waals surface area contributed by atoms with Crippen LogP contribution in [0.4, 0.5) is 0 Å². The minimum Gasteiger partial charge on any atom is -0.477 e. The first-order valence-corrected chi connectivity index (χ1v) is 6.56. The van der Waals surface area contributed by atoms with E-state index in [-0.39, 0.29) is 16.4 Å². The fourth-order valence-electron chi connectivity index (χ4n) is 1.36. The summed E-state index contributed by atoms with van der Waals surface area (Å²) < 4.78 is 26.2. The minimum absolute atomic E-state index is 0.178. The summed E-state index contributed by atoms with van der Waals surface area (Å²) in [7, 11) is -3.86. The number of aromatic carboxylic acids is 1. The van der Waals surface area contributed by atoms with Gasteiger partial charge in [0, 0.05) is 6.20 Å². The fraction of sp³-hybridized carbons (Fsp3) is 0.250. The van der Waals surface area contributed by atoms with Crippen LogP contribution in [0.1, 0.15) is 29.3 Å². The zero-order valence-electron chi connectivity index (χ0n) is 9.65. The summed E-state index contributed by atoms with van der Waals surface area (Å²) in [5.41, 5.74) is -0.215. The topological polar surface area (TPSA) is 154 Å². The zero-order valence-corrected chi connectivity index (χ0v) is 10.5. The Morgan fingerprint density at radius 2 is 2.26 bits per heavy atom. The van der Waals surface area contributed by atoms with Crippen molar-refractivity contribution in [3.05, 3.63) is 23.8 Å². The van der Waals surface area contributed by atoms with E-state index in [2.05, 4.69) is 30.3 Å². The predicted molar refractivity (Wildman–Crippen MR) is 60.7 cm³/mol. The lowest BCUT2D eigenvalue weighted by Gasteiger charge is -2.09. The molecule has 1 atom stereocenters. The largest absolute Gasteiger partial charge is 0.477 e. The number of carboxylic acid groups (broad SMARTS) is 1. The maximum absolute atomic E-state index is 12.0. The summed E-state index contributed by atoms with van der Waals surface area (Å²) in [4.78, 5) is 12.8. The smallest absolute Gasteiger partial charge is 0.352 e. The van der Waals surface area contributed by atoms with Crippen LogP contribution in [0.3, 0.4) is 0 Å². The van der Waals surface area contributed by atoms with Gasteiger partial charge in [0.25, 0.3) is 0 Å². The number of H-pyrrole nitrogens is 2. The number of aromatic amines is 2. The third-order valence-corrected chi connectivity index (χ3v) is 3.80. The standard InChI is InChI=1S/C8H10N6O4S/c1-4(7-10-13-14-11-7)12-19(17,18)5-2-6(8(15)16)9-3-5/h2-4,9,12H,1H3,(H,15,16)(H,10,11,13,14). The van der Waals surface area contributed by atoms with Crippen LogP contribution < -0.4 is 4.72 Å². The molecule has 0 spiro atoms. The normalized spacial score (nSPS) is 13.3. The molecule has 0 aliphatic rings. The predicted octanol–water partition coefficient (Wildman–Crippen LogP) is -0.735. The van der Waals surface area contributed by atoms with E-state index in [1.165, 1.54) is 6.92 Å². The minimum atomic E-state index is -3.86. The summed E-state index contributed by atoms with van der Waals surface area (Å²) in [6.45, 7) is 1.53. The number of aromatic nitrogens is 5. The van der Waals surface area contributed by atoms with Crippen LogP contribution in [0.15, 0.2) is 17.2 Å². The second-order valence-corrected chi connectivity index (χ2v) is 5.38. The van der Waals surface area contributed by atoms with Crippen molar-refractivity contribution in [2.45, 2.75) is 17.9 Å². The molecule has 2 heterocycles. The van der Waals surface area contributed by atoms with Gasteiger partial charge < -0.3 is 10.1 Å². The zero-order chi connectivity index (χ0) is 14.0. The number of hydrogen-bond acceptors (Lipinski definition) is 6. The molecule has 0 amide bonds. The van der Waals surface area contributed by atoms with Gasteiger partial charge in [0.1, 0.15) is 10.6 Å². The first kappa shape index (κ1) is 13.2. The van der Waals surface area contributed by atoms with Gasteiger partial charge in [-0.3, -0.25) is 0 Å². The number of carbonyl (C=O) groups is 1. The van der Waals surface area contributed by atoms with Gasteiger partial charge in [0.05, 0.1) is 6.04 Å². The van der Waals surface area contributed by atoms with Crippen molar-refractivity contribution in [2.75, 3.05) is 0 Å². The van der Waals surface area contributed by atoms with E-state index in [1.807, 2.05) is 0 Å². The van der Waals surface area contributed by atoms with Crippen molar-refractivity contribution in [1.82, 2.24) is 30.3 Å². The Balaban J connectivity index is 2.20. The van der Waals surface area contributed by atoms with Crippen LogP contribution in [0, 0.1) is 0 Å². The van der Waals surface area contributed by atoms with Gasteiger partial charge in [-0.15, -0.1) is 10.2 Å². The number of hydrogen-bond donors (Lipinski definition) is 4. The number of nitrogens with one attached hydrogen (secondary N) is 3. The molecule has 0 radical (unpaired) electrons. The van der Waals surface area contributed by atoms with Crippen LogP contribution in [0.25, 0.3) is 0 Å². The molecule has 0 aromatic carbocycles. The highest BCUT2D eigenvalue weighted by molar-refractivity contribution is 7.89. The Bertz CT molecular complexity index is 676. The molecule has 0 saturated heterocycles. The molecule has 10 nitrogen and oxygen atoms in total. The van der Waals surface area contributed by atoms with Gasteiger partial charge in [0.2, 0.25) is 10.0 Å². The molecule has 4 N–H and O–H groups in total. The van der Waals surface area contributed by atoms with E-state index >= 15 is 0 Å². The van der Waals surface area contributed by atoms with Crippen molar-refractivity contribution in [2.24, 2.45) is 0 Å². The van der Waals surface area contributed by atoms with Gasteiger partial charge >= 0.3 is 5.97 Å². The van der Waals surface area contributed by atoms with Gasteiger partial charge in [-0.2, -0.15) is 5.21 Å². The van der Waals surface area contributed by atoms with E-state index < -0.39 is 22.0 Å². The summed E-state index contributed by atoms with van der Waals surface area (Å²) in [6.07, 6.45) is 1.09. The van der Waals surface area contributed by atoms with Crippen molar-refractivity contribution >= 4 is 16.0 Å². The van der Waals surface area contributed by atoms with Gasteiger partial charge in [0.15, 0.2) is 5.82 Å². The number of tetrazole rings is 1. The van der Waals surface area contributed by atoms with Crippen LogP contribution in [0.2, 0.25) is 0 Å². The third-order valence-electron chi connectivity index (χ3n) is 2.28. The molecule has 0 saturated carbocycles. The highest BCUT2D eigenvalue weighted by Gasteiger charge is 2.22. The summed E-state index contributed by atoms with van der Waals surface area (Å²) >= 11 is 0. The highest BCUT2D eigenvalue weighted by atomic mass is 32.2. The lowest BCUT2D eigenvalue weighted by atomic mass is 10.4. The first-order valence-electron chi connectivity index (χ1n) is 5.07. The lowest BCUT2D eigenvalue weighted by molar-refractivity contribution is 0.0691. The molecule has 2 aromatic heterocycles. The van der Waals surface area contributed by atoms with Crippen LogP contribution in [0.5, 0.6) is 0 Å². The van der Waals surface area contributed by atoms with Gasteiger partial charge in [-0.25, -0.2) is 17.9 Å². The molecule has 11 heteroatoms. The van der Waals surface area contributed by atoms with E-state index in [1.54, 1.807) is 0 Å². The Hall–Kier alpha value is -2.27. The fourth-order valence-corrected chi connectivity index (χ4v) is 2.55. The summed E-state index contributed by atoms with van der Waals surface area (Å²) in [6, 6.07) is 0.320. The third kappa shape index (κ3) is 2.77. The second-order valence-electron chi connectivity index (χ2n) is 3.67. The van der Waals surface area contributed by atoms with Crippen molar-refractivity contribution < 1.29 is 18.3 Å². The second kappa shape index (κ2) is 4.78. The molecule has 0 aliphatic carbocycles. The van der Waals surface area contributed by atoms with Crippen molar-refractivity contribution in [3.8, 4) is 0 Å². The molecule has 102 valence electrons. The van der Waals surface area contributed by atoms with E-state index in [0.717, 1.165) is 12.3 Å². The monoisotopic (exact) mass is 286 g/mol. The summed E-state index contributed by atoms with van der Waals surface area (Å²) in [5, 5.41) is 21.5. The molecular weight excluding hydrogens is 276 g/mol. The number of rotatable bonds is 5. The van der Waals surface area contributed by atoms with E-state index in [9.17, 15) is 13.2 Å². The molecule has 0 bridgehead atoms. The lowest BCUT2D eigenvalue weighted by Crippen LogP contribution is -2.27. The molecule has 0 aliphatic heterocycles. The van der Waals surface area contributed by atoms with Gasteiger partial charge in [-0.1, -0.05) is 5.21 Å². The Morgan fingerprint density at radius 3 is 2.79 bits per heavy atom. The highest BCUT2D eigenvalue weighted by Crippen LogP contribution is 2.14. The van der Waals surface area contributed by atoms with E-state index in [4.69, 9.17) is 5.11 Å². The van der Waals surface area contributed by atoms with Crippen molar-refractivity contribution in [3.63, 3.8) is 0 Å². The van der Waals surface area contributed by atoms with Crippen LogP contribution in [-0.2, 0) is 10.0 Å². The Labute approximate surface area is 107 Å². The maximum atomic E-state index is 12.0. The molecule has 0 fully saturated rings. The summed E-state index contributed by atoms with van der Waals surface area (Å²) in [5.74, 6) is -1.06. The quantitative estimate of drug-likeness (QED) is 0.564. The molecule has 2 aromatic rings. The maximum Gasteiger partial charge on any atom is 0.352 e. The first-order chi connectivity index (χ1) is 8.90. The number of sulfonamides is 1. The van der Waals surface area contributed by atoms with Crippen molar-refractivity contribution in [1.29, 1.82) is 0 Å². The Morgan fingerprint density at radius 1 is 1.53 bits per heavy atom. The molecule has 1 unspecified atom stereocenters. The number of carboxylic acids is 1. The molecule has 2 rings (SSSR count). The molecule has 19 heavy (non-hydrogen) atoms. The average Bonchev–Trinajstić information content (AvgIpc) is 3.00. The SMILES string of the molecule is CC(NS(=O)(=O)c1c[nH]c(C(=O)O)c1)c1nn[nH]n1. The number of nitrogens with zero attached hydrogens (tertiary/aromatic N) is 3. The van der Waals surface area contributed by atoms with Crippen LogP contribution in [-0.4, -0.2) is 45.1 Å². The van der Waals surface area contributed by atoms with E-state index in [0.29, 0.717) is 0 Å². The van der Waals surface area contributed by atoms with Gasteiger partial charge in [-0.05, 0) is 13.0 Å². The average molecular weight is 286 g/mol.